The number of hydrogen-bond acceptors (Lipinski definition) is 1. The van der Waals surface area contributed by atoms with Crippen LogP contribution < -0.4 is 0 Å². The van der Waals surface area contributed by atoms with Crippen molar-refractivity contribution in [3.05, 3.63) is 12.2 Å². The van der Waals surface area contributed by atoms with Gasteiger partial charge in [-0.1, -0.05) is 19.1 Å². The monoisotopic (exact) mass is 277 g/mol. The van der Waals surface area contributed by atoms with Crippen molar-refractivity contribution in [1.82, 2.24) is 4.90 Å². The van der Waals surface area contributed by atoms with Crippen LogP contribution in [0.25, 0.3) is 0 Å². The van der Waals surface area contributed by atoms with Crippen molar-refractivity contribution in [2.75, 3.05) is 6.54 Å². The van der Waals surface area contributed by atoms with Crippen LogP contribution in [0.2, 0.25) is 0 Å². The summed E-state index contributed by atoms with van der Waals surface area (Å²) in [7, 11) is 0. The zero-order valence-corrected chi connectivity index (χ0v) is 13.7. The smallest absolute Gasteiger partial charge is 0.226 e. The maximum Gasteiger partial charge on any atom is 0.226 e. The first-order valence-corrected chi connectivity index (χ1v) is 8.40. The first kappa shape index (κ1) is 15.6. The Labute approximate surface area is 124 Å². The number of rotatable bonds is 7. The van der Waals surface area contributed by atoms with Gasteiger partial charge in [-0.25, -0.2) is 0 Å². The third kappa shape index (κ3) is 4.36. The van der Waals surface area contributed by atoms with E-state index < -0.39 is 0 Å². The van der Waals surface area contributed by atoms with Gasteiger partial charge in [0.2, 0.25) is 5.91 Å². The van der Waals surface area contributed by atoms with E-state index in [1.54, 1.807) is 0 Å². The first-order chi connectivity index (χ1) is 9.43. The Balaban J connectivity index is 1.78. The Morgan fingerprint density at radius 3 is 2.45 bits per heavy atom. The fraction of sp³-hybridized carbons (Fsp3) is 0.833. The minimum Gasteiger partial charge on any atom is -0.337 e. The Morgan fingerprint density at radius 1 is 1.20 bits per heavy atom. The predicted molar refractivity (Wildman–Crippen MR) is 84.5 cm³/mol. The van der Waals surface area contributed by atoms with Crippen molar-refractivity contribution in [2.45, 2.75) is 71.8 Å². The topological polar surface area (TPSA) is 20.3 Å². The summed E-state index contributed by atoms with van der Waals surface area (Å²) < 4.78 is 0. The van der Waals surface area contributed by atoms with E-state index in [0.717, 1.165) is 37.6 Å². The lowest BCUT2D eigenvalue weighted by Crippen LogP contribution is -2.47. The summed E-state index contributed by atoms with van der Waals surface area (Å²) in [6, 6.07) is 0. The molecule has 2 heteroatoms. The quantitative estimate of drug-likeness (QED) is 0.631. The van der Waals surface area contributed by atoms with Crippen LogP contribution >= 0.6 is 0 Å². The van der Waals surface area contributed by atoms with Gasteiger partial charge < -0.3 is 4.90 Å². The van der Waals surface area contributed by atoms with E-state index in [-0.39, 0.29) is 5.54 Å². The molecular weight excluding hydrogens is 246 g/mol. The van der Waals surface area contributed by atoms with Crippen molar-refractivity contribution in [2.24, 2.45) is 17.8 Å². The van der Waals surface area contributed by atoms with Crippen LogP contribution in [0, 0.1) is 17.8 Å². The average Bonchev–Trinajstić information content (AvgIpc) is 3.24. The molecule has 0 radical (unpaired) electrons. The molecule has 2 aliphatic carbocycles. The number of carbonyl (C=O) groups is 1. The fourth-order valence-corrected chi connectivity index (χ4v) is 2.96. The second-order valence-electron chi connectivity index (χ2n) is 7.61. The van der Waals surface area contributed by atoms with Crippen molar-refractivity contribution >= 4 is 5.91 Å². The highest BCUT2D eigenvalue weighted by atomic mass is 16.2. The standard InChI is InChI=1S/C18H31NO/c1-5-6-7-8-9-15-12-16(15)13-19(18(2,3)4)17(20)14-10-11-14/h6-7,14-16H,5,8-13H2,1-4H3/b7-6-. The molecule has 114 valence electrons. The molecular formula is C18H31NO. The molecule has 0 heterocycles. The van der Waals surface area contributed by atoms with Gasteiger partial charge in [0.05, 0.1) is 0 Å². The summed E-state index contributed by atoms with van der Waals surface area (Å²) in [5, 5.41) is 0. The molecule has 2 atom stereocenters. The second kappa shape index (κ2) is 6.32. The Hall–Kier alpha value is -0.790. The van der Waals surface area contributed by atoms with E-state index in [1.807, 2.05) is 0 Å². The molecule has 2 rings (SSSR count). The van der Waals surface area contributed by atoms with Gasteiger partial charge in [0, 0.05) is 18.0 Å². The number of allylic oxidation sites excluding steroid dienone is 2. The van der Waals surface area contributed by atoms with Gasteiger partial charge in [0.1, 0.15) is 0 Å². The largest absolute Gasteiger partial charge is 0.337 e. The number of amides is 1. The Kier molecular flexibility index (Phi) is 4.93. The lowest BCUT2D eigenvalue weighted by Gasteiger charge is -2.36. The van der Waals surface area contributed by atoms with Crippen molar-refractivity contribution in [3.63, 3.8) is 0 Å². The van der Waals surface area contributed by atoms with E-state index in [1.165, 1.54) is 19.3 Å². The van der Waals surface area contributed by atoms with Crippen LogP contribution in [0.15, 0.2) is 12.2 Å². The minimum absolute atomic E-state index is 0.0189. The van der Waals surface area contributed by atoms with E-state index in [0.29, 0.717) is 11.8 Å². The maximum atomic E-state index is 12.4. The molecule has 0 aliphatic heterocycles. The summed E-state index contributed by atoms with van der Waals surface area (Å²) in [6.07, 6.45) is 11.8. The molecule has 2 unspecified atom stereocenters. The average molecular weight is 277 g/mol. The number of hydrogen-bond donors (Lipinski definition) is 0. The summed E-state index contributed by atoms with van der Waals surface area (Å²) in [6.45, 7) is 9.69. The van der Waals surface area contributed by atoms with Crippen LogP contribution in [0.3, 0.4) is 0 Å². The molecule has 2 fully saturated rings. The normalized spacial score (nSPS) is 26.0. The third-order valence-electron chi connectivity index (χ3n) is 4.59. The van der Waals surface area contributed by atoms with Gasteiger partial charge in [-0.15, -0.1) is 0 Å². The molecule has 2 saturated carbocycles. The summed E-state index contributed by atoms with van der Waals surface area (Å²) >= 11 is 0. The van der Waals surface area contributed by atoms with Crippen molar-refractivity contribution in [1.29, 1.82) is 0 Å². The minimum atomic E-state index is -0.0189. The van der Waals surface area contributed by atoms with E-state index in [4.69, 9.17) is 0 Å². The highest BCUT2D eigenvalue weighted by molar-refractivity contribution is 5.81. The number of carbonyl (C=O) groups excluding carboxylic acids is 1. The first-order valence-electron chi connectivity index (χ1n) is 8.40. The zero-order chi connectivity index (χ0) is 14.8. The lowest BCUT2D eigenvalue weighted by molar-refractivity contribution is -0.137. The zero-order valence-electron chi connectivity index (χ0n) is 13.7. The van der Waals surface area contributed by atoms with Crippen molar-refractivity contribution in [3.8, 4) is 0 Å². The Bertz CT molecular complexity index is 362. The van der Waals surface area contributed by atoms with E-state index in [9.17, 15) is 4.79 Å². The molecule has 2 nitrogen and oxygen atoms in total. The molecule has 0 saturated heterocycles. The summed E-state index contributed by atoms with van der Waals surface area (Å²) in [5.41, 5.74) is -0.0189. The van der Waals surface area contributed by atoms with Gasteiger partial charge in [0.25, 0.3) is 0 Å². The van der Waals surface area contributed by atoms with Gasteiger partial charge in [-0.2, -0.15) is 0 Å². The molecule has 2 aliphatic rings. The molecule has 0 N–H and O–H groups in total. The molecule has 20 heavy (non-hydrogen) atoms. The van der Waals surface area contributed by atoms with Gasteiger partial charge in [-0.3, -0.25) is 4.79 Å². The molecule has 0 aromatic carbocycles. The maximum absolute atomic E-state index is 12.4. The summed E-state index contributed by atoms with van der Waals surface area (Å²) in [4.78, 5) is 14.6. The summed E-state index contributed by atoms with van der Waals surface area (Å²) in [5.74, 6) is 2.37. The number of nitrogens with zero attached hydrogens (tertiary/aromatic N) is 1. The SMILES string of the molecule is CC/C=C\CCC1CC1CN(C(=O)C1CC1)C(C)(C)C. The van der Waals surface area contributed by atoms with Crippen LogP contribution in [0.5, 0.6) is 0 Å². The molecule has 0 aromatic heterocycles. The molecule has 0 spiro atoms. The Morgan fingerprint density at radius 2 is 1.90 bits per heavy atom. The molecule has 0 bridgehead atoms. The highest BCUT2D eigenvalue weighted by Gasteiger charge is 2.43. The van der Waals surface area contributed by atoms with Crippen molar-refractivity contribution < 1.29 is 4.79 Å². The predicted octanol–water partition coefficient (Wildman–Crippen LogP) is 4.41. The van der Waals surface area contributed by atoms with Crippen LogP contribution in [0.4, 0.5) is 0 Å². The van der Waals surface area contributed by atoms with Gasteiger partial charge >= 0.3 is 0 Å². The van der Waals surface area contributed by atoms with Crippen LogP contribution in [-0.2, 0) is 4.79 Å². The second-order valence-corrected chi connectivity index (χ2v) is 7.61. The van der Waals surface area contributed by atoms with E-state index in [2.05, 4.69) is 44.7 Å². The van der Waals surface area contributed by atoms with Crippen LogP contribution in [-0.4, -0.2) is 22.9 Å². The highest BCUT2D eigenvalue weighted by Crippen LogP contribution is 2.44. The lowest BCUT2D eigenvalue weighted by atomic mass is 10.0. The molecule has 0 aromatic rings. The van der Waals surface area contributed by atoms with Gasteiger partial charge in [-0.05, 0) is 71.1 Å². The third-order valence-corrected chi connectivity index (χ3v) is 4.59. The molecule has 1 amide bonds. The van der Waals surface area contributed by atoms with Crippen LogP contribution in [0.1, 0.15) is 66.2 Å². The van der Waals surface area contributed by atoms with E-state index >= 15 is 0 Å². The van der Waals surface area contributed by atoms with Gasteiger partial charge in [0.15, 0.2) is 0 Å². The fourth-order valence-electron chi connectivity index (χ4n) is 2.96.